The van der Waals surface area contributed by atoms with E-state index in [1.807, 2.05) is 0 Å². The van der Waals surface area contributed by atoms with Crippen LogP contribution in [0.15, 0.2) is 18.2 Å². The van der Waals surface area contributed by atoms with Crippen molar-refractivity contribution >= 4 is 35.1 Å². The van der Waals surface area contributed by atoms with Gasteiger partial charge in [0.2, 0.25) is 11.8 Å². The summed E-state index contributed by atoms with van der Waals surface area (Å²) in [6, 6.07) is 4.99. The minimum atomic E-state index is -0.922. The lowest BCUT2D eigenvalue weighted by Crippen LogP contribution is -2.39. The van der Waals surface area contributed by atoms with E-state index in [-0.39, 0.29) is 31.3 Å². The van der Waals surface area contributed by atoms with E-state index in [0.717, 1.165) is 0 Å². The van der Waals surface area contributed by atoms with Gasteiger partial charge in [-0.1, -0.05) is 11.6 Å². The first-order valence-electron chi connectivity index (χ1n) is 8.41. The summed E-state index contributed by atoms with van der Waals surface area (Å²) in [4.78, 5) is 39.7. The van der Waals surface area contributed by atoms with E-state index in [1.54, 1.807) is 30.0 Å². The standard InChI is InChI=1S/C18H21ClN2O5/c1-18(17(24)25)5-6-20(10-18)16(23)11-7-15(22)21(9-11)13-8-12(19)3-4-14(13)26-2/h3-4,8,11H,5-7,9-10H2,1-2H3,(H,24,25). The molecule has 1 aromatic rings. The zero-order chi connectivity index (χ0) is 19.1. The summed E-state index contributed by atoms with van der Waals surface area (Å²) in [6.45, 7) is 2.44. The molecule has 3 rings (SSSR count). The van der Waals surface area contributed by atoms with Crippen molar-refractivity contribution < 1.29 is 24.2 Å². The molecule has 26 heavy (non-hydrogen) atoms. The number of ether oxygens (including phenoxy) is 1. The highest BCUT2D eigenvalue weighted by Crippen LogP contribution is 2.37. The number of methoxy groups -OCH3 is 1. The molecule has 0 bridgehead atoms. The van der Waals surface area contributed by atoms with Gasteiger partial charge in [-0.05, 0) is 31.5 Å². The number of nitrogens with zero attached hydrogens (tertiary/aromatic N) is 2. The molecule has 0 aromatic heterocycles. The lowest BCUT2D eigenvalue weighted by Gasteiger charge is -2.23. The van der Waals surface area contributed by atoms with Gasteiger partial charge in [-0.3, -0.25) is 14.4 Å². The number of hydrogen-bond donors (Lipinski definition) is 1. The maximum absolute atomic E-state index is 12.8. The summed E-state index contributed by atoms with van der Waals surface area (Å²) in [6.07, 6.45) is 0.509. The van der Waals surface area contributed by atoms with Crippen molar-refractivity contribution in [3.8, 4) is 5.75 Å². The highest BCUT2D eigenvalue weighted by atomic mass is 35.5. The van der Waals surface area contributed by atoms with Crippen LogP contribution >= 0.6 is 11.6 Å². The molecule has 0 aliphatic carbocycles. The molecule has 1 aromatic carbocycles. The Hall–Kier alpha value is -2.28. The molecule has 1 N–H and O–H groups in total. The smallest absolute Gasteiger partial charge is 0.311 e. The monoisotopic (exact) mass is 380 g/mol. The molecule has 2 unspecified atom stereocenters. The molecule has 8 heteroatoms. The van der Waals surface area contributed by atoms with E-state index in [1.165, 1.54) is 12.0 Å². The summed E-state index contributed by atoms with van der Waals surface area (Å²) in [5, 5.41) is 9.80. The fourth-order valence-corrected chi connectivity index (χ4v) is 3.73. The van der Waals surface area contributed by atoms with Gasteiger partial charge in [-0.2, -0.15) is 0 Å². The molecular weight excluding hydrogens is 360 g/mol. The van der Waals surface area contributed by atoms with Crippen LogP contribution in [0.3, 0.4) is 0 Å². The van der Waals surface area contributed by atoms with E-state index in [2.05, 4.69) is 0 Å². The van der Waals surface area contributed by atoms with Crippen molar-refractivity contribution in [1.29, 1.82) is 0 Å². The van der Waals surface area contributed by atoms with Crippen LogP contribution in [0.4, 0.5) is 5.69 Å². The molecule has 2 aliphatic rings. The Morgan fingerprint density at radius 3 is 2.73 bits per heavy atom. The number of halogens is 1. The number of carbonyl (C=O) groups is 3. The lowest BCUT2D eigenvalue weighted by atomic mass is 9.90. The maximum atomic E-state index is 12.8. The molecule has 0 saturated carbocycles. The molecule has 2 amide bonds. The first-order valence-corrected chi connectivity index (χ1v) is 8.79. The van der Waals surface area contributed by atoms with Crippen molar-refractivity contribution in [1.82, 2.24) is 4.90 Å². The topological polar surface area (TPSA) is 87.2 Å². The van der Waals surface area contributed by atoms with Crippen LogP contribution in [0.2, 0.25) is 5.02 Å². The van der Waals surface area contributed by atoms with Gasteiger partial charge in [-0.15, -0.1) is 0 Å². The third-order valence-electron chi connectivity index (χ3n) is 5.21. The highest BCUT2D eigenvalue weighted by molar-refractivity contribution is 6.31. The average Bonchev–Trinajstić information content (AvgIpc) is 3.18. The summed E-state index contributed by atoms with van der Waals surface area (Å²) in [5.41, 5.74) is -0.384. The molecule has 2 aliphatic heterocycles. The van der Waals surface area contributed by atoms with Crippen molar-refractivity contribution in [2.24, 2.45) is 11.3 Å². The van der Waals surface area contributed by atoms with Crippen LogP contribution in [-0.2, 0) is 14.4 Å². The third kappa shape index (κ3) is 3.23. The first kappa shape index (κ1) is 18.5. The first-order chi connectivity index (χ1) is 12.2. The third-order valence-corrected chi connectivity index (χ3v) is 5.44. The molecule has 2 heterocycles. The van der Waals surface area contributed by atoms with Gasteiger partial charge in [0, 0.05) is 31.1 Å². The van der Waals surface area contributed by atoms with E-state index < -0.39 is 17.3 Å². The van der Waals surface area contributed by atoms with Crippen LogP contribution in [0.25, 0.3) is 0 Å². The van der Waals surface area contributed by atoms with Gasteiger partial charge >= 0.3 is 5.97 Å². The molecule has 140 valence electrons. The fourth-order valence-electron chi connectivity index (χ4n) is 3.56. The zero-order valence-electron chi connectivity index (χ0n) is 14.7. The van der Waals surface area contributed by atoms with E-state index in [9.17, 15) is 19.5 Å². The van der Waals surface area contributed by atoms with Gasteiger partial charge in [0.1, 0.15) is 5.75 Å². The van der Waals surface area contributed by atoms with Crippen molar-refractivity contribution in [2.75, 3.05) is 31.6 Å². The van der Waals surface area contributed by atoms with Crippen LogP contribution in [-0.4, -0.2) is 54.5 Å². The minimum Gasteiger partial charge on any atom is -0.495 e. The Labute approximate surface area is 156 Å². The largest absolute Gasteiger partial charge is 0.495 e. The normalized spacial score (nSPS) is 25.7. The highest BCUT2D eigenvalue weighted by Gasteiger charge is 2.45. The second kappa shape index (κ2) is 6.79. The predicted molar refractivity (Wildman–Crippen MR) is 95.4 cm³/mol. The second-order valence-corrected chi connectivity index (χ2v) is 7.53. The van der Waals surface area contributed by atoms with Crippen LogP contribution in [0.1, 0.15) is 19.8 Å². The van der Waals surface area contributed by atoms with Crippen molar-refractivity contribution in [3.05, 3.63) is 23.2 Å². The van der Waals surface area contributed by atoms with E-state index in [0.29, 0.717) is 29.4 Å². The number of anilines is 1. The molecule has 2 atom stereocenters. The summed E-state index contributed by atoms with van der Waals surface area (Å²) >= 11 is 6.04. The molecule has 7 nitrogen and oxygen atoms in total. The maximum Gasteiger partial charge on any atom is 0.311 e. The number of carboxylic acid groups (broad SMARTS) is 1. The summed E-state index contributed by atoms with van der Waals surface area (Å²) < 4.78 is 5.30. The van der Waals surface area contributed by atoms with Gasteiger partial charge in [0.25, 0.3) is 0 Å². The summed E-state index contributed by atoms with van der Waals surface area (Å²) in [5.74, 6) is -1.24. The molecule has 0 spiro atoms. The van der Waals surface area contributed by atoms with Gasteiger partial charge in [0.05, 0.1) is 24.1 Å². The fraction of sp³-hybridized carbons (Fsp3) is 0.500. The van der Waals surface area contributed by atoms with Gasteiger partial charge in [-0.25, -0.2) is 0 Å². The van der Waals surface area contributed by atoms with Gasteiger partial charge < -0.3 is 19.6 Å². The van der Waals surface area contributed by atoms with Gasteiger partial charge in [0.15, 0.2) is 0 Å². The Kier molecular flexibility index (Phi) is 4.84. The second-order valence-electron chi connectivity index (χ2n) is 7.10. The predicted octanol–water partition coefficient (Wildman–Crippen LogP) is 2.02. The molecule has 0 radical (unpaired) electrons. The Morgan fingerprint density at radius 2 is 2.12 bits per heavy atom. The zero-order valence-corrected chi connectivity index (χ0v) is 15.5. The molecule has 2 fully saturated rings. The Morgan fingerprint density at radius 1 is 1.38 bits per heavy atom. The minimum absolute atomic E-state index is 0.0921. The number of aliphatic carboxylic acids is 1. The summed E-state index contributed by atoms with van der Waals surface area (Å²) in [7, 11) is 1.51. The number of carboxylic acids is 1. The molecular formula is C18H21ClN2O5. The van der Waals surface area contributed by atoms with Crippen molar-refractivity contribution in [2.45, 2.75) is 19.8 Å². The Balaban J connectivity index is 1.75. The number of likely N-dealkylation sites (tertiary alicyclic amines) is 1. The number of amides is 2. The Bertz CT molecular complexity index is 768. The lowest BCUT2D eigenvalue weighted by molar-refractivity contribution is -0.147. The van der Waals surface area contributed by atoms with Crippen molar-refractivity contribution in [3.63, 3.8) is 0 Å². The molecule has 2 saturated heterocycles. The quantitative estimate of drug-likeness (QED) is 0.863. The van der Waals surface area contributed by atoms with Crippen LogP contribution < -0.4 is 9.64 Å². The number of benzene rings is 1. The number of rotatable bonds is 4. The number of carbonyl (C=O) groups excluding carboxylic acids is 2. The van der Waals surface area contributed by atoms with Crippen LogP contribution in [0.5, 0.6) is 5.75 Å². The average molecular weight is 381 g/mol. The number of hydrogen-bond acceptors (Lipinski definition) is 4. The van der Waals surface area contributed by atoms with E-state index in [4.69, 9.17) is 16.3 Å². The van der Waals surface area contributed by atoms with Crippen LogP contribution in [0, 0.1) is 11.3 Å². The SMILES string of the molecule is COc1ccc(Cl)cc1N1CC(C(=O)N2CCC(C)(C(=O)O)C2)CC1=O. The van der Waals surface area contributed by atoms with E-state index >= 15 is 0 Å².